The summed E-state index contributed by atoms with van der Waals surface area (Å²) in [7, 11) is 1.43. The Labute approximate surface area is 165 Å². The first kappa shape index (κ1) is 20.2. The lowest BCUT2D eigenvalue weighted by Crippen LogP contribution is -2.13. The van der Waals surface area contributed by atoms with E-state index in [1.165, 1.54) is 20.1 Å². The van der Waals surface area contributed by atoms with Gasteiger partial charge in [-0.15, -0.1) is 0 Å². The minimum atomic E-state index is -0.527. The number of nitriles is 1. The Morgan fingerprint density at radius 1 is 1.22 bits per heavy atom. The summed E-state index contributed by atoms with van der Waals surface area (Å²) in [5, 5.41) is 12.0. The standard InChI is InChI=1S/C20H17BrN2O4/c1-12-4-6-16(7-5-12)23-20(25)15(11-22)8-14-9-17(21)19(27-13(2)24)18(10-14)26-3/h4-10H,1-3H3,(H,23,25)/b15-8+. The van der Waals surface area contributed by atoms with Gasteiger partial charge in [-0.2, -0.15) is 5.26 Å². The molecule has 1 amide bonds. The van der Waals surface area contributed by atoms with E-state index < -0.39 is 11.9 Å². The fraction of sp³-hybridized carbons (Fsp3) is 0.150. The molecule has 0 aromatic heterocycles. The molecule has 138 valence electrons. The molecule has 0 aliphatic heterocycles. The highest BCUT2D eigenvalue weighted by Gasteiger charge is 2.15. The third-order valence-corrected chi connectivity index (χ3v) is 4.07. The van der Waals surface area contributed by atoms with E-state index in [0.29, 0.717) is 21.5 Å². The maximum atomic E-state index is 12.4. The summed E-state index contributed by atoms with van der Waals surface area (Å²) in [5.41, 5.74) is 2.11. The van der Waals surface area contributed by atoms with Crippen LogP contribution in [0.1, 0.15) is 18.1 Å². The summed E-state index contributed by atoms with van der Waals surface area (Å²) in [4.78, 5) is 23.6. The topological polar surface area (TPSA) is 88.4 Å². The van der Waals surface area contributed by atoms with Crippen molar-refractivity contribution in [1.29, 1.82) is 5.26 Å². The number of amides is 1. The van der Waals surface area contributed by atoms with Gasteiger partial charge in [0.05, 0.1) is 11.6 Å². The second-order valence-corrected chi connectivity index (χ2v) is 6.47. The van der Waals surface area contributed by atoms with Crippen LogP contribution in [0.4, 0.5) is 5.69 Å². The number of methoxy groups -OCH3 is 1. The zero-order valence-electron chi connectivity index (χ0n) is 15.0. The predicted molar refractivity (Wildman–Crippen MR) is 105 cm³/mol. The molecule has 0 unspecified atom stereocenters. The van der Waals surface area contributed by atoms with Crippen LogP contribution in [-0.2, 0) is 9.59 Å². The molecule has 0 saturated heterocycles. The molecule has 0 aliphatic carbocycles. The van der Waals surface area contributed by atoms with Crippen LogP contribution in [0.15, 0.2) is 46.4 Å². The normalized spacial score (nSPS) is 10.7. The Balaban J connectivity index is 2.32. The van der Waals surface area contributed by atoms with Crippen molar-refractivity contribution in [3.05, 3.63) is 57.6 Å². The molecular weight excluding hydrogens is 412 g/mol. The van der Waals surface area contributed by atoms with Gasteiger partial charge in [0.2, 0.25) is 0 Å². The van der Waals surface area contributed by atoms with E-state index in [2.05, 4.69) is 21.2 Å². The molecule has 0 aliphatic rings. The Kier molecular flexibility index (Phi) is 6.74. The van der Waals surface area contributed by atoms with Gasteiger partial charge in [-0.25, -0.2) is 0 Å². The van der Waals surface area contributed by atoms with Crippen LogP contribution < -0.4 is 14.8 Å². The fourth-order valence-electron chi connectivity index (χ4n) is 2.22. The average Bonchev–Trinajstić information content (AvgIpc) is 2.63. The number of hydrogen-bond acceptors (Lipinski definition) is 5. The summed E-state index contributed by atoms with van der Waals surface area (Å²) in [6, 6.07) is 12.3. The SMILES string of the molecule is COc1cc(/C=C(\C#N)C(=O)Nc2ccc(C)cc2)cc(Br)c1OC(C)=O. The molecule has 2 rings (SSSR count). The minimum Gasteiger partial charge on any atom is -0.493 e. The monoisotopic (exact) mass is 428 g/mol. The smallest absolute Gasteiger partial charge is 0.308 e. The van der Waals surface area contributed by atoms with Crippen molar-refractivity contribution >= 4 is 39.6 Å². The number of halogens is 1. The zero-order valence-corrected chi connectivity index (χ0v) is 16.6. The van der Waals surface area contributed by atoms with Crippen molar-refractivity contribution in [2.45, 2.75) is 13.8 Å². The van der Waals surface area contributed by atoms with Crippen LogP contribution >= 0.6 is 15.9 Å². The van der Waals surface area contributed by atoms with Crippen LogP contribution in [0.3, 0.4) is 0 Å². The van der Waals surface area contributed by atoms with Gasteiger partial charge < -0.3 is 14.8 Å². The lowest BCUT2D eigenvalue weighted by molar-refractivity contribution is -0.132. The first-order valence-corrected chi connectivity index (χ1v) is 8.69. The Morgan fingerprint density at radius 3 is 2.44 bits per heavy atom. The van der Waals surface area contributed by atoms with Gasteiger partial charge in [-0.1, -0.05) is 17.7 Å². The molecule has 0 radical (unpaired) electrons. The molecule has 1 N–H and O–H groups in total. The summed E-state index contributed by atoms with van der Waals surface area (Å²) in [5.74, 6) is -0.500. The molecule has 0 heterocycles. The number of nitrogens with zero attached hydrogens (tertiary/aromatic N) is 1. The number of anilines is 1. The van der Waals surface area contributed by atoms with Gasteiger partial charge in [0.25, 0.3) is 5.91 Å². The van der Waals surface area contributed by atoms with Gasteiger partial charge in [0.15, 0.2) is 11.5 Å². The molecule has 0 fully saturated rings. The quantitative estimate of drug-likeness (QED) is 0.333. The molecule has 0 spiro atoms. The van der Waals surface area contributed by atoms with Crippen molar-refractivity contribution in [3.63, 3.8) is 0 Å². The van der Waals surface area contributed by atoms with Gasteiger partial charge in [-0.3, -0.25) is 9.59 Å². The maximum absolute atomic E-state index is 12.4. The predicted octanol–water partition coefficient (Wildman–Crippen LogP) is 4.24. The highest BCUT2D eigenvalue weighted by molar-refractivity contribution is 9.10. The summed E-state index contributed by atoms with van der Waals surface area (Å²) < 4.78 is 10.8. The zero-order chi connectivity index (χ0) is 20.0. The Morgan fingerprint density at radius 2 is 1.89 bits per heavy atom. The fourth-order valence-corrected chi connectivity index (χ4v) is 2.76. The number of benzene rings is 2. The van der Waals surface area contributed by atoms with Crippen LogP contribution in [0.25, 0.3) is 6.08 Å². The summed E-state index contributed by atoms with van der Waals surface area (Å²) in [6.07, 6.45) is 1.42. The van der Waals surface area contributed by atoms with Gasteiger partial charge >= 0.3 is 5.97 Å². The van der Waals surface area contributed by atoms with E-state index in [-0.39, 0.29) is 11.3 Å². The van der Waals surface area contributed by atoms with E-state index in [4.69, 9.17) is 9.47 Å². The van der Waals surface area contributed by atoms with Crippen LogP contribution in [-0.4, -0.2) is 19.0 Å². The first-order valence-electron chi connectivity index (χ1n) is 7.89. The van der Waals surface area contributed by atoms with Crippen molar-refractivity contribution in [3.8, 4) is 17.6 Å². The number of rotatable bonds is 5. The lowest BCUT2D eigenvalue weighted by Gasteiger charge is -2.11. The second kappa shape index (κ2) is 9.01. The maximum Gasteiger partial charge on any atom is 0.308 e. The van der Waals surface area contributed by atoms with Crippen molar-refractivity contribution < 1.29 is 19.1 Å². The van der Waals surface area contributed by atoms with E-state index in [1.54, 1.807) is 24.3 Å². The van der Waals surface area contributed by atoms with Crippen LogP contribution in [0, 0.1) is 18.3 Å². The Bertz CT molecular complexity index is 944. The molecule has 0 saturated carbocycles. The second-order valence-electron chi connectivity index (χ2n) is 5.62. The number of carbonyl (C=O) groups is 2. The minimum absolute atomic E-state index is 0.0789. The van der Waals surface area contributed by atoms with Gasteiger partial charge in [0.1, 0.15) is 11.6 Å². The number of ether oxygens (including phenoxy) is 2. The third kappa shape index (κ3) is 5.43. The molecule has 2 aromatic rings. The molecule has 6 nitrogen and oxygen atoms in total. The molecule has 27 heavy (non-hydrogen) atoms. The molecule has 0 bridgehead atoms. The molecule has 0 atom stereocenters. The van der Waals surface area contributed by atoms with Gasteiger partial charge in [0, 0.05) is 12.6 Å². The van der Waals surface area contributed by atoms with E-state index in [9.17, 15) is 14.9 Å². The van der Waals surface area contributed by atoms with Crippen LogP contribution in [0.2, 0.25) is 0 Å². The number of carbonyl (C=O) groups excluding carboxylic acids is 2. The lowest BCUT2D eigenvalue weighted by atomic mass is 10.1. The van der Waals surface area contributed by atoms with E-state index >= 15 is 0 Å². The van der Waals surface area contributed by atoms with Crippen LogP contribution in [0.5, 0.6) is 11.5 Å². The Hall–Kier alpha value is -3.11. The summed E-state index contributed by atoms with van der Waals surface area (Å²) in [6.45, 7) is 3.22. The summed E-state index contributed by atoms with van der Waals surface area (Å²) >= 11 is 3.31. The van der Waals surface area contributed by atoms with E-state index in [0.717, 1.165) is 5.56 Å². The largest absolute Gasteiger partial charge is 0.493 e. The molecular formula is C20H17BrN2O4. The number of esters is 1. The van der Waals surface area contributed by atoms with Crippen molar-refractivity contribution in [1.82, 2.24) is 0 Å². The molecule has 2 aromatic carbocycles. The average molecular weight is 429 g/mol. The number of aryl methyl sites for hydroxylation is 1. The third-order valence-electron chi connectivity index (χ3n) is 3.48. The number of nitrogens with one attached hydrogen (secondary N) is 1. The number of hydrogen-bond donors (Lipinski definition) is 1. The van der Waals surface area contributed by atoms with Gasteiger partial charge in [-0.05, 0) is 58.8 Å². The molecule has 7 heteroatoms. The highest BCUT2D eigenvalue weighted by Crippen LogP contribution is 2.37. The van der Waals surface area contributed by atoms with Crippen molar-refractivity contribution in [2.75, 3.05) is 12.4 Å². The van der Waals surface area contributed by atoms with Crippen molar-refractivity contribution in [2.24, 2.45) is 0 Å². The van der Waals surface area contributed by atoms with E-state index in [1.807, 2.05) is 25.1 Å². The first-order chi connectivity index (χ1) is 12.8. The highest BCUT2D eigenvalue weighted by atomic mass is 79.9.